The number of hydrogen-bond acceptors (Lipinski definition) is 3. The van der Waals surface area contributed by atoms with E-state index in [1.165, 1.54) is 0 Å². The number of nitrogens with one attached hydrogen (secondary N) is 2. The zero-order valence-corrected chi connectivity index (χ0v) is 8.87. The summed E-state index contributed by atoms with van der Waals surface area (Å²) in [6, 6.07) is 0. The van der Waals surface area contributed by atoms with E-state index in [0.29, 0.717) is 12.5 Å². The Balaban J connectivity index is 3.62. The van der Waals surface area contributed by atoms with E-state index >= 15 is 0 Å². The van der Waals surface area contributed by atoms with Crippen molar-refractivity contribution in [3.63, 3.8) is 0 Å². The maximum Gasteiger partial charge on any atom is 0.312 e. The van der Waals surface area contributed by atoms with Gasteiger partial charge in [-0.2, -0.15) is 0 Å². The summed E-state index contributed by atoms with van der Waals surface area (Å²) in [5.41, 5.74) is 0. The van der Waals surface area contributed by atoms with Gasteiger partial charge in [0.1, 0.15) is 6.42 Å². The van der Waals surface area contributed by atoms with Gasteiger partial charge >= 0.3 is 5.97 Å². The standard InChI is InChI=1S/C9H16N2O4/c1-6(2)4-10-8(13)5-11-7(12)3-9(14)15/h6H,3-5H2,1-2H3,(H,10,13)(H,11,12)(H,14,15). The predicted molar refractivity (Wildman–Crippen MR) is 53.1 cm³/mol. The number of amides is 2. The molecule has 0 aliphatic carbocycles. The van der Waals surface area contributed by atoms with Crippen LogP contribution < -0.4 is 10.6 Å². The van der Waals surface area contributed by atoms with Gasteiger partial charge < -0.3 is 15.7 Å². The summed E-state index contributed by atoms with van der Waals surface area (Å²) < 4.78 is 0. The smallest absolute Gasteiger partial charge is 0.312 e. The summed E-state index contributed by atoms with van der Waals surface area (Å²) in [6.07, 6.45) is -0.614. The molecule has 0 bridgehead atoms. The van der Waals surface area contributed by atoms with Gasteiger partial charge in [-0.3, -0.25) is 14.4 Å². The number of carboxylic acids is 1. The monoisotopic (exact) mass is 216 g/mol. The zero-order chi connectivity index (χ0) is 11.8. The fourth-order valence-corrected chi connectivity index (χ4v) is 0.759. The van der Waals surface area contributed by atoms with Crippen molar-refractivity contribution < 1.29 is 19.5 Å². The lowest BCUT2D eigenvalue weighted by Gasteiger charge is -2.07. The fourth-order valence-electron chi connectivity index (χ4n) is 0.759. The molecule has 3 N–H and O–H groups in total. The molecule has 0 unspecified atom stereocenters. The van der Waals surface area contributed by atoms with Crippen LogP contribution in [0.2, 0.25) is 0 Å². The van der Waals surface area contributed by atoms with Crippen LogP contribution in [-0.4, -0.2) is 36.0 Å². The summed E-state index contributed by atoms with van der Waals surface area (Å²) in [5, 5.41) is 13.1. The van der Waals surface area contributed by atoms with Crippen LogP contribution in [0.5, 0.6) is 0 Å². The van der Waals surface area contributed by atoms with E-state index < -0.39 is 18.3 Å². The van der Waals surface area contributed by atoms with Crippen LogP contribution >= 0.6 is 0 Å². The molecule has 0 rings (SSSR count). The van der Waals surface area contributed by atoms with Crippen LogP contribution in [0.1, 0.15) is 20.3 Å². The predicted octanol–water partition coefficient (Wildman–Crippen LogP) is -0.650. The molecule has 0 saturated carbocycles. The second kappa shape index (κ2) is 6.80. The highest BCUT2D eigenvalue weighted by Crippen LogP contribution is 1.86. The van der Waals surface area contributed by atoms with E-state index in [4.69, 9.17) is 5.11 Å². The minimum atomic E-state index is -1.21. The molecule has 2 amide bonds. The van der Waals surface area contributed by atoms with Crippen LogP contribution in [0.25, 0.3) is 0 Å². The second-order valence-electron chi connectivity index (χ2n) is 3.55. The van der Waals surface area contributed by atoms with Gasteiger partial charge in [0.25, 0.3) is 0 Å². The summed E-state index contributed by atoms with van der Waals surface area (Å²) in [6.45, 7) is 4.25. The van der Waals surface area contributed by atoms with Gasteiger partial charge in [0.05, 0.1) is 6.54 Å². The molecule has 0 aromatic carbocycles. The molecule has 6 nitrogen and oxygen atoms in total. The van der Waals surface area contributed by atoms with Crippen LogP contribution in [0.3, 0.4) is 0 Å². The first-order chi connectivity index (χ1) is 6.91. The van der Waals surface area contributed by atoms with Crippen molar-refractivity contribution in [3.8, 4) is 0 Å². The van der Waals surface area contributed by atoms with E-state index in [1.54, 1.807) is 0 Å². The summed E-state index contributed by atoms with van der Waals surface area (Å²) in [4.78, 5) is 32.0. The Bertz CT molecular complexity index is 250. The molecule has 0 aromatic rings. The molecule has 86 valence electrons. The molecular weight excluding hydrogens is 200 g/mol. The lowest BCUT2D eigenvalue weighted by atomic mass is 10.2. The average Bonchev–Trinajstić information content (AvgIpc) is 2.10. The molecule has 0 heterocycles. The number of rotatable bonds is 6. The third-order valence-corrected chi connectivity index (χ3v) is 1.47. The number of carbonyl (C=O) groups is 3. The molecular formula is C9H16N2O4. The second-order valence-corrected chi connectivity index (χ2v) is 3.55. The zero-order valence-electron chi connectivity index (χ0n) is 8.87. The molecule has 0 aliphatic heterocycles. The normalized spacial score (nSPS) is 9.80. The van der Waals surface area contributed by atoms with Gasteiger partial charge in [-0.05, 0) is 5.92 Å². The minimum Gasteiger partial charge on any atom is -0.481 e. The van der Waals surface area contributed by atoms with Gasteiger partial charge in [0.2, 0.25) is 11.8 Å². The molecule has 0 atom stereocenters. The van der Waals surface area contributed by atoms with Crippen molar-refractivity contribution in [3.05, 3.63) is 0 Å². The molecule has 15 heavy (non-hydrogen) atoms. The third-order valence-electron chi connectivity index (χ3n) is 1.47. The van der Waals surface area contributed by atoms with Gasteiger partial charge in [0.15, 0.2) is 0 Å². The van der Waals surface area contributed by atoms with Crippen molar-refractivity contribution in [2.24, 2.45) is 5.92 Å². The lowest BCUT2D eigenvalue weighted by molar-refractivity contribution is -0.141. The van der Waals surface area contributed by atoms with E-state index in [2.05, 4.69) is 10.6 Å². The molecule has 6 heteroatoms. The Morgan fingerprint density at radius 3 is 2.20 bits per heavy atom. The van der Waals surface area contributed by atoms with Crippen LogP contribution in [-0.2, 0) is 14.4 Å². The largest absolute Gasteiger partial charge is 0.481 e. The Kier molecular flexibility index (Phi) is 6.08. The van der Waals surface area contributed by atoms with Gasteiger partial charge in [-0.25, -0.2) is 0 Å². The van der Waals surface area contributed by atoms with Gasteiger partial charge in [-0.1, -0.05) is 13.8 Å². The summed E-state index contributed by atoms with van der Waals surface area (Å²) in [5.74, 6) is -1.86. The van der Waals surface area contributed by atoms with Crippen LogP contribution in [0.15, 0.2) is 0 Å². The summed E-state index contributed by atoms with van der Waals surface area (Å²) in [7, 11) is 0. The van der Waals surface area contributed by atoms with Gasteiger partial charge in [-0.15, -0.1) is 0 Å². The lowest BCUT2D eigenvalue weighted by Crippen LogP contribution is -2.38. The van der Waals surface area contributed by atoms with Gasteiger partial charge in [0, 0.05) is 6.54 Å². The number of hydrogen-bond donors (Lipinski definition) is 3. The van der Waals surface area contributed by atoms with Crippen molar-refractivity contribution in [2.45, 2.75) is 20.3 Å². The first-order valence-corrected chi connectivity index (χ1v) is 4.67. The fraction of sp³-hybridized carbons (Fsp3) is 0.667. The SMILES string of the molecule is CC(C)CNC(=O)CNC(=O)CC(=O)O. The summed E-state index contributed by atoms with van der Waals surface area (Å²) >= 11 is 0. The number of carbonyl (C=O) groups excluding carboxylic acids is 2. The molecule has 0 radical (unpaired) electrons. The van der Waals surface area contributed by atoms with Crippen molar-refractivity contribution in [2.75, 3.05) is 13.1 Å². The Morgan fingerprint density at radius 2 is 1.73 bits per heavy atom. The van der Waals surface area contributed by atoms with Crippen molar-refractivity contribution in [1.29, 1.82) is 0 Å². The highest BCUT2D eigenvalue weighted by molar-refractivity contribution is 5.95. The molecule has 0 fully saturated rings. The highest BCUT2D eigenvalue weighted by Gasteiger charge is 2.08. The quantitative estimate of drug-likeness (QED) is 0.514. The van der Waals surface area contributed by atoms with Crippen LogP contribution in [0, 0.1) is 5.92 Å². The Labute approximate surface area is 88.0 Å². The molecule has 0 saturated heterocycles. The first kappa shape index (κ1) is 13.4. The Morgan fingerprint density at radius 1 is 1.13 bits per heavy atom. The molecule has 0 spiro atoms. The number of aliphatic carboxylic acids is 1. The number of carboxylic acid groups (broad SMARTS) is 1. The molecule has 0 aliphatic rings. The van der Waals surface area contributed by atoms with E-state index in [-0.39, 0.29) is 12.5 Å². The third kappa shape index (κ3) is 8.73. The first-order valence-electron chi connectivity index (χ1n) is 4.67. The minimum absolute atomic E-state index is 0.182. The average molecular weight is 216 g/mol. The van der Waals surface area contributed by atoms with E-state index in [1.807, 2.05) is 13.8 Å². The topological polar surface area (TPSA) is 95.5 Å². The Hall–Kier alpha value is -1.59. The molecule has 0 aromatic heterocycles. The maximum absolute atomic E-state index is 11.1. The van der Waals surface area contributed by atoms with Crippen LogP contribution in [0.4, 0.5) is 0 Å². The maximum atomic E-state index is 11.1. The van der Waals surface area contributed by atoms with E-state index in [9.17, 15) is 14.4 Å². The highest BCUT2D eigenvalue weighted by atomic mass is 16.4. The van der Waals surface area contributed by atoms with E-state index in [0.717, 1.165) is 0 Å². The van der Waals surface area contributed by atoms with Crippen molar-refractivity contribution >= 4 is 17.8 Å². The van der Waals surface area contributed by atoms with Crippen molar-refractivity contribution in [1.82, 2.24) is 10.6 Å².